The molecule has 0 heterocycles. The normalized spacial score (nSPS) is 11.9. The molecule has 0 aliphatic rings. The zero-order valence-corrected chi connectivity index (χ0v) is 5.67. The van der Waals surface area contributed by atoms with Gasteiger partial charge in [0.15, 0.2) is 0 Å². The van der Waals surface area contributed by atoms with Gasteiger partial charge in [0.25, 0.3) is 0 Å². The van der Waals surface area contributed by atoms with E-state index in [1.807, 2.05) is 19.1 Å². The molecule has 0 rings (SSSR count). The number of allylic oxidation sites excluding steroid dienone is 3. The summed E-state index contributed by atoms with van der Waals surface area (Å²) in [6.45, 7) is 8.89. The molecule has 0 saturated carbocycles. The van der Waals surface area contributed by atoms with Crippen LogP contribution in [0.3, 0.4) is 0 Å². The SMILES string of the molecule is C=C/C=C\C(C)=NC=C. The lowest BCUT2D eigenvalue weighted by molar-refractivity contribution is 1.56. The molecule has 0 aliphatic heterocycles. The van der Waals surface area contributed by atoms with E-state index in [-0.39, 0.29) is 0 Å². The molecular weight excluding hydrogens is 110 g/mol. The maximum absolute atomic E-state index is 3.91. The first-order chi connectivity index (χ1) is 4.31. The maximum atomic E-state index is 3.91. The van der Waals surface area contributed by atoms with Crippen molar-refractivity contribution in [2.24, 2.45) is 4.99 Å². The lowest BCUT2D eigenvalue weighted by Crippen LogP contribution is -1.79. The summed E-state index contributed by atoms with van der Waals surface area (Å²) in [6.07, 6.45) is 6.93. The van der Waals surface area contributed by atoms with Crippen LogP contribution >= 0.6 is 0 Å². The molecule has 0 bridgehead atoms. The molecule has 0 aromatic rings. The Kier molecular flexibility index (Phi) is 4.41. The van der Waals surface area contributed by atoms with Crippen molar-refractivity contribution >= 4 is 5.71 Å². The largest absolute Gasteiger partial charge is 0.262 e. The third-order valence-corrected chi connectivity index (χ3v) is 0.768. The average molecular weight is 121 g/mol. The molecule has 0 N–H and O–H groups in total. The standard InChI is InChI=1S/C8H11N/c1-4-6-7-8(3)9-5-2/h4-7H,1-2H2,3H3/b7-6-,9-8?. The number of hydrogen-bond acceptors (Lipinski definition) is 1. The minimum atomic E-state index is 0.935. The van der Waals surface area contributed by atoms with Crippen LogP contribution in [-0.4, -0.2) is 5.71 Å². The van der Waals surface area contributed by atoms with Crippen LogP contribution in [0.5, 0.6) is 0 Å². The number of nitrogens with zero attached hydrogens (tertiary/aromatic N) is 1. The molecule has 0 amide bonds. The fourth-order valence-electron chi connectivity index (χ4n) is 0.394. The topological polar surface area (TPSA) is 12.4 Å². The molecule has 9 heavy (non-hydrogen) atoms. The summed E-state index contributed by atoms with van der Waals surface area (Å²) in [6, 6.07) is 0. The first-order valence-corrected chi connectivity index (χ1v) is 2.75. The van der Waals surface area contributed by atoms with Crippen molar-refractivity contribution in [1.82, 2.24) is 0 Å². The van der Waals surface area contributed by atoms with E-state index < -0.39 is 0 Å². The van der Waals surface area contributed by atoms with Gasteiger partial charge < -0.3 is 0 Å². The molecule has 0 fully saturated rings. The van der Waals surface area contributed by atoms with Crippen molar-refractivity contribution in [1.29, 1.82) is 0 Å². The summed E-state index contributed by atoms with van der Waals surface area (Å²) in [5, 5.41) is 0. The Morgan fingerprint density at radius 3 is 2.56 bits per heavy atom. The summed E-state index contributed by atoms with van der Waals surface area (Å²) in [7, 11) is 0. The highest BCUT2D eigenvalue weighted by Gasteiger charge is 1.74. The van der Waals surface area contributed by atoms with E-state index in [0.29, 0.717) is 0 Å². The minimum Gasteiger partial charge on any atom is -0.262 e. The molecule has 1 nitrogen and oxygen atoms in total. The van der Waals surface area contributed by atoms with Crippen molar-refractivity contribution in [3.05, 3.63) is 37.6 Å². The van der Waals surface area contributed by atoms with Gasteiger partial charge in [-0.1, -0.05) is 25.3 Å². The molecule has 48 valence electrons. The smallest absolute Gasteiger partial charge is 0.0372 e. The lowest BCUT2D eigenvalue weighted by atomic mass is 10.3. The monoisotopic (exact) mass is 121 g/mol. The number of aliphatic imine (C=N–C) groups is 1. The Balaban J connectivity index is 3.88. The van der Waals surface area contributed by atoms with Gasteiger partial charge in [-0.3, -0.25) is 4.99 Å². The van der Waals surface area contributed by atoms with Crippen LogP contribution in [0.1, 0.15) is 6.92 Å². The van der Waals surface area contributed by atoms with Gasteiger partial charge in [0.05, 0.1) is 0 Å². The van der Waals surface area contributed by atoms with Crippen LogP contribution in [-0.2, 0) is 0 Å². The Labute approximate surface area is 56.1 Å². The highest BCUT2D eigenvalue weighted by molar-refractivity contribution is 5.93. The fourth-order valence-corrected chi connectivity index (χ4v) is 0.394. The summed E-state index contributed by atoms with van der Waals surface area (Å²) in [5.74, 6) is 0. The van der Waals surface area contributed by atoms with E-state index in [9.17, 15) is 0 Å². The van der Waals surface area contributed by atoms with Crippen LogP contribution in [0.4, 0.5) is 0 Å². The average Bonchev–Trinajstić information content (AvgIpc) is 1.85. The Bertz CT molecular complexity index is 152. The molecule has 0 aromatic carbocycles. The van der Waals surface area contributed by atoms with Gasteiger partial charge >= 0.3 is 0 Å². The van der Waals surface area contributed by atoms with Gasteiger partial charge in [0.2, 0.25) is 0 Å². The van der Waals surface area contributed by atoms with Crippen molar-refractivity contribution < 1.29 is 0 Å². The molecule has 1 heteroatoms. The Morgan fingerprint density at radius 1 is 1.44 bits per heavy atom. The maximum Gasteiger partial charge on any atom is 0.0372 e. The van der Waals surface area contributed by atoms with Crippen LogP contribution in [0.25, 0.3) is 0 Å². The van der Waals surface area contributed by atoms with Gasteiger partial charge in [-0.15, -0.1) is 0 Å². The second kappa shape index (κ2) is 5.04. The van der Waals surface area contributed by atoms with Gasteiger partial charge in [-0.05, 0) is 13.0 Å². The highest BCUT2D eigenvalue weighted by Crippen LogP contribution is 1.81. The molecule has 0 saturated heterocycles. The number of hydrogen-bond donors (Lipinski definition) is 0. The fraction of sp³-hybridized carbons (Fsp3) is 0.125. The summed E-state index contributed by atoms with van der Waals surface area (Å²) in [5.41, 5.74) is 0.935. The molecule has 0 spiro atoms. The van der Waals surface area contributed by atoms with Gasteiger partial charge in [-0.25, -0.2) is 0 Å². The highest BCUT2D eigenvalue weighted by atomic mass is 14.7. The van der Waals surface area contributed by atoms with Crippen molar-refractivity contribution in [3.8, 4) is 0 Å². The Hall–Kier alpha value is -1.11. The van der Waals surface area contributed by atoms with Gasteiger partial charge in [-0.2, -0.15) is 0 Å². The molecule has 0 atom stereocenters. The zero-order chi connectivity index (χ0) is 7.11. The van der Waals surface area contributed by atoms with Gasteiger partial charge in [0.1, 0.15) is 0 Å². The quantitative estimate of drug-likeness (QED) is 0.401. The van der Waals surface area contributed by atoms with Crippen LogP contribution in [0.15, 0.2) is 42.6 Å². The van der Waals surface area contributed by atoms with Crippen LogP contribution in [0, 0.1) is 0 Å². The summed E-state index contributed by atoms with van der Waals surface area (Å²) < 4.78 is 0. The van der Waals surface area contributed by atoms with Crippen molar-refractivity contribution in [2.45, 2.75) is 6.92 Å². The van der Waals surface area contributed by atoms with E-state index in [1.54, 1.807) is 6.08 Å². The zero-order valence-electron chi connectivity index (χ0n) is 5.67. The number of rotatable bonds is 3. The molecule has 0 radical (unpaired) electrons. The van der Waals surface area contributed by atoms with E-state index >= 15 is 0 Å². The van der Waals surface area contributed by atoms with Crippen LogP contribution < -0.4 is 0 Å². The van der Waals surface area contributed by atoms with E-state index in [2.05, 4.69) is 18.2 Å². The third-order valence-electron chi connectivity index (χ3n) is 0.768. The van der Waals surface area contributed by atoms with E-state index in [4.69, 9.17) is 0 Å². The minimum absolute atomic E-state index is 0.935. The summed E-state index contributed by atoms with van der Waals surface area (Å²) in [4.78, 5) is 3.91. The predicted molar refractivity (Wildman–Crippen MR) is 42.6 cm³/mol. The molecule has 0 aliphatic carbocycles. The van der Waals surface area contributed by atoms with Crippen molar-refractivity contribution in [3.63, 3.8) is 0 Å². The Morgan fingerprint density at radius 2 is 2.11 bits per heavy atom. The van der Waals surface area contributed by atoms with E-state index in [1.165, 1.54) is 6.20 Å². The second-order valence-electron chi connectivity index (χ2n) is 1.55. The van der Waals surface area contributed by atoms with E-state index in [0.717, 1.165) is 5.71 Å². The lowest BCUT2D eigenvalue weighted by Gasteiger charge is -1.82. The summed E-state index contributed by atoms with van der Waals surface area (Å²) >= 11 is 0. The first kappa shape index (κ1) is 7.89. The third kappa shape index (κ3) is 4.75. The molecule has 0 unspecified atom stereocenters. The predicted octanol–water partition coefficient (Wildman–Crippen LogP) is 2.33. The van der Waals surface area contributed by atoms with Crippen LogP contribution in [0.2, 0.25) is 0 Å². The first-order valence-electron chi connectivity index (χ1n) is 2.75. The molecule has 0 aromatic heterocycles. The van der Waals surface area contributed by atoms with Crippen molar-refractivity contribution in [2.75, 3.05) is 0 Å². The second-order valence-corrected chi connectivity index (χ2v) is 1.55. The van der Waals surface area contributed by atoms with Gasteiger partial charge in [0, 0.05) is 11.9 Å². The molecular formula is C8H11N.